The minimum absolute atomic E-state index is 0.249. The van der Waals surface area contributed by atoms with Crippen LogP contribution in [-0.2, 0) is 11.0 Å². The lowest BCUT2D eigenvalue weighted by Gasteiger charge is -2.40. The second kappa shape index (κ2) is 11.8. The lowest BCUT2D eigenvalue weighted by molar-refractivity contribution is 0.170. The molecule has 1 aliphatic rings. The van der Waals surface area contributed by atoms with Gasteiger partial charge in [-0.25, -0.2) is 0 Å². The Kier molecular flexibility index (Phi) is 7.80. The van der Waals surface area contributed by atoms with Gasteiger partial charge in [-0.05, 0) is 80.2 Å². The van der Waals surface area contributed by atoms with Gasteiger partial charge in [-0.1, -0.05) is 121 Å². The summed E-state index contributed by atoms with van der Waals surface area (Å²) in [6.07, 6.45) is 3.03. The molecule has 0 radical (unpaired) electrons. The summed E-state index contributed by atoms with van der Waals surface area (Å²) < 4.78 is 0. The van der Waals surface area contributed by atoms with Gasteiger partial charge in [0.25, 0.3) is 0 Å². The number of aromatic nitrogens is 4. The average molecular weight is 542 g/mol. The first kappa shape index (κ1) is 27.1. The molecule has 1 aliphatic heterocycles. The molecule has 1 fully saturated rings. The molecule has 0 N–H and O–H groups in total. The number of tetrazole rings is 1. The van der Waals surface area contributed by atoms with E-state index in [4.69, 9.17) is 10.2 Å². The Hall–Kier alpha value is -4.09. The zero-order valence-corrected chi connectivity index (χ0v) is 24.1. The van der Waals surface area contributed by atoms with Crippen LogP contribution in [-0.4, -0.2) is 44.7 Å². The summed E-state index contributed by atoms with van der Waals surface area (Å²) in [5.41, 5.74) is 4.57. The third-order valence-electron chi connectivity index (χ3n) is 9.00. The van der Waals surface area contributed by atoms with E-state index in [0.717, 1.165) is 44.7 Å². The van der Waals surface area contributed by atoms with Crippen LogP contribution in [0.25, 0.3) is 0 Å². The van der Waals surface area contributed by atoms with Gasteiger partial charge >= 0.3 is 0 Å². The molecular formula is C36H39N5. The Labute approximate surface area is 243 Å². The topological polar surface area (TPSA) is 46.8 Å². The van der Waals surface area contributed by atoms with Crippen LogP contribution in [0.5, 0.6) is 0 Å². The Balaban J connectivity index is 1.22. The molecule has 0 amide bonds. The number of likely N-dealkylation sites (tertiary alicyclic amines) is 1. The van der Waals surface area contributed by atoms with Gasteiger partial charge in [0.15, 0.2) is 5.82 Å². The van der Waals surface area contributed by atoms with Crippen LogP contribution < -0.4 is 0 Å². The Morgan fingerprint density at radius 1 is 0.707 bits per heavy atom. The molecule has 0 spiro atoms. The highest BCUT2D eigenvalue weighted by Gasteiger charge is 2.42. The third-order valence-corrected chi connectivity index (χ3v) is 9.00. The van der Waals surface area contributed by atoms with Gasteiger partial charge in [-0.2, -0.15) is 4.80 Å². The standard InChI is InChI=1S/C36H39N5/c1-35(2,31-19-11-5-12-20-31)41-38-34(37-39-41)36(32-21-13-6-14-22-32)24-27-40(28-25-36)26-23-33(29-15-7-3-8-16-29)30-17-9-4-10-18-30/h3-22,33H,23-28H2,1-2H3. The quantitative estimate of drug-likeness (QED) is 0.200. The summed E-state index contributed by atoms with van der Waals surface area (Å²) >= 11 is 0. The fourth-order valence-electron chi connectivity index (χ4n) is 6.37. The molecule has 1 aromatic heterocycles. The monoisotopic (exact) mass is 541 g/mol. The maximum atomic E-state index is 5.09. The van der Waals surface area contributed by atoms with E-state index >= 15 is 0 Å². The molecule has 0 unspecified atom stereocenters. The molecule has 2 heterocycles. The minimum atomic E-state index is -0.394. The summed E-state index contributed by atoms with van der Waals surface area (Å²) in [5, 5.41) is 14.4. The molecule has 0 bridgehead atoms. The van der Waals surface area contributed by atoms with Crippen molar-refractivity contribution >= 4 is 0 Å². The van der Waals surface area contributed by atoms with Crippen molar-refractivity contribution in [2.24, 2.45) is 0 Å². The van der Waals surface area contributed by atoms with Crippen molar-refractivity contribution in [2.75, 3.05) is 19.6 Å². The molecule has 0 saturated carbocycles. The van der Waals surface area contributed by atoms with Gasteiger partial charge in [0.05, 0.1) is 5.41 Å². The summed E-state index contributed by atoms with van der Waals surface area (Å²) in [6.45, 7) is 7.37. The van der Waals surface area contributed by atoms with Gasteiger partial charge in [0.2, 0.25) is 0 Å². The summed E-state index contributed by atoms with van der Waals surface area (Å²) in [4.78, 5) is 4.43. The predicted molar refractivity (Wildman–Crippen MR) is 165 cm³/mol. The Morgan fingerprint density at radius 2 is 1.22 bits per heavy atom. The summed E-state index contributed by atoms with van der Waals surface area (Å²) in [5.74, 6) is 1.22. The molecule has 5 heteroatoms. The predicted octanol–water partition coefficient (Wildman–Crippen LogP) is 7.06. The van der Waals surface area contributed by atoms with Gasteiger partial charge in [-0.15, -0.1) is 10.2 Å². The number of nitrogens with zero attached hydrogens (tertiary/aromatic N) is 5. The van der Waals surface area contributed by atoms with Crippen LogP contribution in [0.15, 0.2) is 121 Å². The van der Waals surface area contributed by atoms with Crippen LogP contribution in [0.4, 0.5) is 0 Å². The highest BCUT2D eigenvalue weighted by atomic mass is 15.6. The van der Waals surface area contributed by atoms with Crippen molar-refractivity contribution in [1.29, 1.82) is 0 Å². The van der Waals surface area contributed by atoms with Gasteiger partial charge < -0.3 is 4.90 Å². The van der Waals surface area contributed by atoms with E-state index in [1.165, 1.54) is 22.3 Å². The molecule has 1 saturated heterocycles. The normalized spacial score (nSPS) is 15.7. The maximum absolute atomic E-state index is 5.09. The van der Waals surface area contributed by atoms with Gasteiger partial charge in [0, 0.05) is 5.92 Å². The summed E-state index contributed by atoms with van der Waals surface area (Å²) in [7, 11) is 0. The molecule has 0 aliphatic carbocycles. The first-order chi connectivity index (χ1) is 20.1. The lowest BCUT2D eigenvalue weighted by atomic mass is 9.72. The van der Waals surface area contributed by atoms with Crippen LogP contribution >= 0.6 is 0 Å². The fraction of sp³-hybridized carbons (Fsp3) is 0.306. The van der Waals surface area contributed by atoms with Gasteiger partial charge in [-0.3, -0.25) is 0 Å². The van der Waals surface area contributed by atoms with Gasteiger partial charge in [0.1, 0.15) is 5.54 Å². The molecule has 6 rings (SSSR count). The fourth-order valence-corrected chi connectivity index (χ4v) is 6.37. The van der Waals surface area contributed by atoms with E-state index in [9.17, 15) is 0 Å². The second-order valence-corrected chi connectivity index (χ2v) is 11.8. The smallest absolute Gasteiger partial charge is 0.185 e. The van der Waals surface area contributed by atoms with Crippen LogP contribution in [0.2, 0.25) is 0 Å². The molecule has 208 valence electrons. The van der Waals surface area contributed by atoms with Crippen LogP contribution in [0.3, 0.4) is 0 Å². The Bertz CT molecular complexity index is 1470. The van der Waals surface area contributed by atoms with E-state index in [0.29, 0.717) is 5.92 Å². The van der Waals surface area contributed by atoms with E-state index in [1.54, 1.807) is 4.80 Å². The Morgan fingerprint density at radius 3 is 1.78 bits per heavy atom. The number of hydrogen-bond acceptors (Lipinski definition) is 4. The number of benzene rings is 4. The largest absolute Gasteiger partial charge is 0.303 e. The maximum Gasteiger partial charge on any atom is 0.185 e. The molecule has 5 nitrogen and oxygen atoms in total. The summed E-state index contributed by atoms with van der Waals surface area (Å²) in [6, 6.07) is 43.1. The molecule has 5 aromatic rings. The highest BCUT2D eigenvalue weighted by Crippen LogP contribution is 2.41. The van der Waals surface area contributed by atoms with E-state index in [1.807, 2.05) is 6.07 Å². The third kappa shape index (κ3) is 5.59. The van der Waals surface area contributed by atoms with Crippen LogP contribution in [0.1, 0.15) is 67.1 Å². The molecule has 4 aromatic carbocycles. The van der Waals surface area contributed by atoms with E-state index < -0.39 is 5.54 Å². The van der Waals surface area contributed by atoms with Crippen molar-refractivity contribution in [2.45, 2.75) is 50.0 Å². The number of rotatable bonds is 9. The average Bonchev–Trinajstić information content (AvgIpc) is 3.56. The van der Waals surface area contributed by atoms with E-state index in [-0.39, 0.29) is 5.41 Å². The molecule has 41 heavy (non-hydrogen) atoms. The first-order valence-corrected chi connectivity index (χ1v) is 14.8. The zero-order valence-electron chi connectivity index (χ0n) is 24.1. The minimum Gasteiger partial charge on any atom is -0.303 e. The van der Waals surface area contributed by atoms with Crippen molar-refractivity contribution in [1.82, 2.24) is 25.1 Å². The lowest BCUT2D eigenvalue weighted by Crippen LogP contribution is -2.44. The van der Waals surface area contributed by atoms with Crippen molar-refractivity contribution < 1.29 is 0 Å². The number of hydrogen-bond donors (Lipinski definition) is 0. The van der Waals surface area contributed by atoms with E-state index in [2.05, 4.69) is 139 Å². The first-order valence-electron chi connectivity index (χ1n) is 14.8. The highest BCUT2D eigenvalue weighted by molar-refractivity contribution is 5.34. The van der Waals surface area contributed by atoms with Crippen molar-refractivity contribution in [3.05, 3.63) is 149 Å². The molecule has 0 atom stereocenters. The SMILES string of the molecule is CC(C)(c1ccccc1)n1nnc(C2(c3ccccc3)CCN(CCC(c3ccccc3)c3ccccc3)CC2)n1. The van der Waals surface area contributed by atoms with Crippen molar-refractivity contribution in [3.63, 3.8) is 0 Å². The van der Waals surface area contributed by atoms with Crippen molar-refractivity contribution in [3.8, 4) is 0 Å². The number of piperidine rings is 1. The second-order valence-electron chi connectivity index (χ2n) is 11.8. The van der Waals surface area contributed by atoms with Crippen LogP contribution in [0, 0.1) is 0 Å². The molecular weight excluding hydrogens is 502 g/mol. The zero-order chi connectivity index (χ0) is 28.1.